The van der Waals surface area contributed by atoms with Gasteiger partial charge in [0.15, 0.2) is 0 Å². The molecule has 0 aliphatic carbocycles. The van der Waals surface area contributed by atoms with E-state index in [4.69, 9.17) is 16.3 Å². The zero-order valence-electron chi connectivity index (χ0n) is 17.3. The van der Waals surface area contributed by atoms with E-state index < -0.39 is 12.1 Å². The minimum absolute atomic E-state index is 0.256. The maximum absolute atomic E-state index is 14.7. The third-order valence-corrected chi connectivity index (χ3v) is 5.84. The van der Waals surface area contributed by atoms with E-state index in [2.05, 4.69) is 20.4 Å². The van der Waals surface area contributed by atoms with Crippen molar-refractivity contribution >= 4 is 18.0 Å². The summed E-state index contributed by atoms with van der Waals surface area (Å²) in [5.41, 5.74) is 2.49. The molecule has 0 N–H and O–H groups in total. The number of rotatable bonds is 6. The van der Waals surface area contributed by atoms with Crippen molar-refractivity contribution in [1.82, 2.24) is 34.9 Å². The lowest BCUT2D eigenvalue weighted by atomic mass is 9.97. The van der Waals surface area contributed by atoms with Gasteiger partial charge in [0.1, 0.15) is 5.82 Å². The summed E-state index contributed by atoms with van der Waals surface area (Å²) in [6.07, 6.45) is 7.27. The Kier molecular flexibility index (Phi) is 5.84. The molecule has 33 heavy (non-hydrogen) atoms. The molecular weight excluding hydrogens is 449 g/mol. The molecule has 1 aliphatic rings. The van der Waals surface area contributed by atoms with Crippen LogP contribution in [0.3, 0.4) is 0 Å². The molecule has 0 radical (unpaired) electrons. The zero-order chi connectivity index (χ0) is 22.8. The summed E-state index contributed by atoms with van der Waals surface area (Å²) in [5, 5.41) is 17.1. The summed E-state index contributed by atoms with van der Waals surface area (Å²) in [4.78, 5) is 16.8. The Hall–Kier alpha value is -3.63. The molecule has 9 nitrogen and oxygen atoms in total. The van der Waals surface area contributed by atoms with Gasteiger partial charge in [0.25, 0.3) is 0 Å². The minimum atomic E-state index is -0.444. The van der Waals surface area contributed by atoms with Gasteiger partial charge in [-0.1, -0.05) is 11.6 Å². The monoisotopic (exact) mass is 467 g/mol. The smallest absolute Gasteiger partial charge is 0.210 e. The van der Waals surface area contributed by atoms with Crippen LogP contribution in [-0.2, 0) is 16.0 Å². The van der Waals surface area contributed by atoms with Crippen molar-refractivity contribution in [3.8, 4) is 11.4 Å². The molecule has 0 saturated carbocycles. The predicted molar refractivity (Wildman–Crippen MR) is 117 cm³/mol. The van der Waals surface area contributed by atoms with Gasteiger partial charge in [-0.05, 0) is 48.4 Å². The fraction of sp³-hybridized carbons (Fsp3) is 0.227. The molecule has 4 aromatic rings. The number of hydrogen-bond donors (Lipinski definition) is 0. The van der Waals surface area contributed by atoms with Gasteiger partial charge in [0.05, 0.1) is 61.5 Å². The molecule has 5 rings (SSSR count). The number of carbonyl (C=O) groups excluding carboxylic acids is 1. The lowest BCUT2D eigenvalue weighted by molar-refractivity contribution is -0.132. The first kappa shape index (κ1) is 21.2. The molecule has 2 aromatic heterocycles. The summed E-state index contributed by atoms with van der Waals surface area (Å²) < 4.78 is 20.5. The van der Waals surface area contributed by atoms with E-state index in [1.807, 2.05) is 0 Å². The molecule has 1 saturated heterocycles. The Morgan fingerprint density at radius 1 is 1.00 bits per heavy atom. The molecule has 1 fully saturated rings. The van der Waals surface area contributed by atoms with Crippen molar-refractivity contribution < 1.29 is 13.9 Å². The van der Waals surface area contributed by atoms with Crippen LogP contribution in [0.4, 0.5) is 4.39 Å². The SMILES string of the molecule is O=CN1C(c2cc(Cl)ccc2-n2nccn2)COC[C@H]1Cc1cc(-n2nccn2)ccc1F. The van der Waals surface area contributed by atoms with Crippen LogP contribution in [0, 0.1) is 5.82 Å². The van der Waals surface area contributed by atoms with Crippen molar-refractivity contribution in [2.24, 2.45) is 0 Å². The van der Waals surface area contributed by atoms with Gasteiger partial charge in [0, 0.05) is 10.6 Å². The van der Waals surface area contributed by atoms with Crippen LogP contribution in [0.2, 0.25) is 5.02 Å². The largest absolute Gasteiger partial charge is 0.377 e. The lowest BCUT2D eigenvalue weighted by Crippen LogP contribution is -2.48. The van der Waals surface area contributed by atoms with Crippen LogP contribution in [0.15, 0.2) is 61.2 Å². The van der Waals surface area contributed by atoms with E-state index in [-0.39, 0.29) is 25.5 Å². The highest BCUT2D eigenvalue weighted by molar-refractivity contribution is 6.30. The van der Waals surface area contributed by atoms with Crippen LogP contribution in [0.25, 0.3) is 11.4 Å². The second kappa shape index (κ2) is 9.08. The number of aromatic nitrogens is 6. The molecule has 168 valence electrons. The van der Waals surface area contributed by atoms with Crippen LogP contribution in [0.5, 0.6) is 0 Å². The Labute approximate surface area is 193 Å². The van der Waals surface area contributed by atoms with E-state index in [1.54, 1.807) is 60.0 Å². The molecule has 1 unspecified atom stereocenters. The number of nitrogens with zero attached hydrogens (tertiary/aromatic N) is 7. The van der Waals surface area contributed by atoms with Gasteiger partial charge in [-0.2, -0.15) is 30.0 Å². The second-order valence-corrected chi connectivity index (χ2v) is 8.02. The topological polar surface area (TPSA) is 91.0 Å². The minimum Gasteiger partial charge on any atom is -0.377 e. The zero-order valence-corrected chi connectivity index (χ0v) is 18.1. The fourth-order valence-corrected chi connectivity index (χ4v) is 4.26. The van der Waals surface area contributed by atoms with E-state index in [1.165, 1.54) is 15.7 Å². The average molecular weight is 468 g/mol. The highest BCUT2D eigenvalue weighted by atomic mass is 35.5. The van der Waals surface area contributed by atoms with E-state index in [0.29, 0.717) is 22.0 Å². The normalized spacial score (nSPS) is 18.4. The average Bonchev–Trinajstić information content (AvgIpc) is 3.55. The standard InChI is InChI=1S/C22H19ClFN7O2/c23-16-1-4-21(31-27-7-8-28-31)19(11-16)22-13-33-12-18(29(22)14-32)10-15-9-17(2-3-20(15)24)30-25-5-6-26-30/h1-9,11,14,18,22H,10,12-13H2/t18-,22?/m1/s1. The third-order valence-electron chi connectivity index (χ3n) is 5.61. The molecule has 11 heteroatoms. The van der Waals surface area contributed by atoms with Gasteiger partial charge < -0.3 is 9.64 Å². The number of amides is 1. The van der Waals surface area contributed by atoms with Crippen LogP contribution >= 0.6 is 11.6 Å². The first-order chi connectivity index (χ1) is 16.1. The number of halogens is 2. The second-order valence-electron chi connectivity index (χ2n) is 7.58. The van der Waals surface area contributed by atoms with Crippen LogP contribution < -0.4 is 0 Å². The Bertz CT molecular complexity index is 1250. The number of ether oxygens (including phenoxy) is 1. The molecule has 0 spiro atoms. The molecule has 1 aliphatic heterocycles. The van der Waals surface area contributed by atoms with E-state index >= 15 is 0 Å². The third kappa shape index (κ3) is 4.22. The first-order valence-electron chi connectivity index (χ1n) is 10.3. The van der Waals surface area contributed by atoms with Crippen molar-refractivity contribution in [1.29, 1.82) is 0 Å². The van der Waals surface area contributed by atoms with Crippen molar-refractivity contribution in [2.75, 3.05) is 13.2 Å². The van der Waals surface area contributed by atoms with Gasteiger partial charge in [-0.25, -0.2) is 4.39 Å². The molecule has 2 atom stereocenters. The van der Waals surface area contributed by atoms with Crippen molar-refractivity contribution in [3.05, 3.63) is 83.2 Å². The number of carbonyl (C=O) groups is 1. The number of benzene rings is 2. The van der Waals surface area contributed by atoms with Crippen molar-refractivity contribution in [3.63, 3.8) is 0 Å². The van der Waals surface area contributed by atoms with Gasteiger partial charge in [-0.15, -0.1) is 0 Å². The van der Waals surface area contributed by atoms with Crippen molar-refractivity contribution in [2.45, 2.75) is 18.5 Å². The quantitative estimate of drug-likeness (QED) is 0.405. The Morgan fingerprint density at radius 3 is 2.45 bits per heavy atom. The summed E-state index contributed by atoms with van der Waals surface area (Å²) in [7, 11) is 0. The maximum Gasteiger partial charge on any atom is 0.210 e. The molecular formula is C22H19ClFN7O2. The fourth-order valence-electron chi connectivity index (χ4n) is 4.08. The summed E-state index contributed by atoms with van der Waals surface area (Å²) in [5.74, 6) is -0.372. The number of morpholine rings is 1. The molecule has 2 aromatic carbocycles. The Morgan fingerprint density at radius 2 is 1.73 bits per heavy atom. The predicted octanol–water partition coefficient (Wildman–Crippen LogP) is 2.78. The molecule has 0 bridgehead atoms. The summed E-state index contributed by atoms with van der Waals surface area (Å²) in [6, 6.07) is 9.13. The highest BCUT2D eigenvalue weighted by Crippen LogP contribution is 2.33. The van der Waals surface area contributed by atoms with E-state index in [9.17, 15) is 9.18 Å². The Balaban J connectivity index is 1.47. The van der Waals surface area contributed by atoms with Crippen LogP contribution in [0.1, 0.15) is 17.2 Å². The van der Waals surface area contributed by atoms with Gasteiger partial charge in [0.2, 0.25) is 6.41 Å². The molecule has 1 amide bonds. The molecule has 3 heterocycles. The highest BCUT2D eigenvalue weighted by Gasteiger charge is 2.34. The van der Waals surface area contributed by atoms with E-state index in [0.717, 1.165) is 12.0 Å². The summed E-state index contributed by atoms with van der Waals surface area (Å²) >= 11 is 6.28. The first-order valence-corrected chi connectivity index (χ1v) is 10.6. The summed E-state index contributed by atoms with van der Waals surface area (Å²) in [6.45, 7) is 0.540. The lowest BCUT2D eigenvalue weighted by Gasteiger charge is -2.40. The number of hydrogen-bond acceptors (Lipinski definition) is 6. The van der Waals surface area contributed by atoms with Gasteiger partial charge in [-0.3, -0.25) is 4.79 Å². The maximum atomic E-state index is 14.7. The van der Waals surface area contributed by atoms with Crippen LogP contribution in [-0.4, -0.2) is 60.6 Å². The van der Waals surface area contributed by atoms with Gasteiger partial charge >= 0.3 is 0 Å².